The Balaban J connectivity index is 3.50. The fourth-order valence-electron chi connectivity index (χ4n) is 1.26. The molecule has 0 aliphatic rings. The Labute approximate surface area is 101 Å². The van der Waals surface area contributed by atoms with Gasteiger partial charge in [-0.2, -0.15) is 5.26 Å². The van der Waals surface area contributed by atoms with Gasteiger partial charge < -0.3 is 4.74 Å². The van der Waals surface area contributed by atoms with Crippen molar-refractivity contribution in [3.05, 3.63) is 28.8 Å². The normalized spacial score (nSPS) is 9.31. The van der Waals surface area contributed by atoms with E-state index in [1.807, 2.05) is 6.07 Å². The van der Waals surface area contributed by atoms with Gasteiger partial charge in [0.25, 0.3) is 0 Å². The number of benzene rings is 1. The number of carbonyl (C=O) groups excluding carboxylic acids is 2. The predicted octanol–water partition coefficient (Wildman–Crippen LogP) is 1.96. The monoisotopic (exact) mass is 281 g/mol. The molecular weight excluding hydrogens is 274 g/mol. The van der Waals surface area contributed by atoms with Crippen molar-refractivity contribution in [3.63, 3.8) is 0 Å². The van der Waals surface area contributed by atoms with Crippen LogP contribution in [0.15, 0.2) is 12.1 Å². The lowest BCUT2D eigenvalue weighted by Crippen LogP contribution is -2.06. The summed E-state index contributed by atoms with van der Waals surface area (Å²) in [4.78, 5) is 22.3. The van der Waals surface area contributed by atoms with Crippen LogP contribution in [0.4, 0.5) is 0 Å². The number of alkyl halides is 1. The van der Waals surface area contributed by atoms with Crippen molar-refractivity contribution in [1.29, 1.82) is 5.26 Å². The molecule has 0 aliphatic carbocycles. The molecular formula is C11H8BrNO3. The van der Waals surface area contributed by atoms with Gasteiger partial charge in [-0.1, -0.05) is 15.9 Å². The first kappa shape index (κ1) is 12.4. The second-order valence-corrected chi connectivity index (χ2v) is 3.49. The summed E-state index contributed by atoms with van der Waals surface area (Å²) in [5.74, 6) is 0.115. The van der Waals surface area contributed by atoms with Crippen LogP contribution in [0.3, 0.4) is 0 Å². The van der Waals surface area contributed by atoms with E-state index in [1.54, 1.807) is 0 Å². The molecule has 4 nitrogen and oxygen atoms in total. The average molecular weight is 282 g/mol. The van der Waals surface area contributed by atoms with Crippen molar-refractivity contribution in [2.45, 2.75) is 0 Å². The van der Waals surface area contributed by atoms with Crippen molar-refractivity contribution in [3.8, 4) is 11.8 Å². The zero-order chi connectivity index (χ0) is 12.1. The number of ketones is 1. The Bertz CT molecular complexity index is 477. The van der Waals surface area contributed by atoms with Gasteiger partial charge in [-0.15, -0.1) is 0 Å². The highest BCUT2D eigenvalue weighted by Crippen LogP contribution is 2.22. The highest BCUT2D eigenvalue weighted by molar-refractivity contribution is 9.09. The van der Waals surface area contributed by atoms with Crippen LogP contribution in [0.2, 0.25) is 0 Å². The molecule has 1 aromatic carbocycles. The third-order valence-electron chi connectivity index (χ3n) is 2.04. The summed E-state index contributed by atoms with van der Waals surface area (Å²) < 4.78 is 4.96. The van der Waals surface area contributed by atoms with Crippen LogP contribution in [0, 0.1) is 11.3 Å². The minimum Gasteiger partial charge on any atom is -0.497 e. The lowest BCUT2D eigenvalue weighted by Gasteiger charge is -2.07. The number of hydrogen-bond acceptors (Lipinski definition) is 4. The number of Topliss-reactive ketones (excluding diaryl/α,β-unsaturated/α-hetero) is 1. The standard InChI is InChI=1S/C11H8BrNO3/c1-16-8-2-7(6-14)10(5-13)9(3-8)11(15)4-12/h2-3,6H,4H2,1H3. The third-order valence-corrected chi connectivity index (χ3v) is 2.55. The fourth-order valence-corrected chi connectivity index (χ4v) is 1.57. The quantitative estimate of drug-likeness (QED) is 0.481. The van der Waals surface area contributed by atoms with Gasteiger partial charge in [-0.05, 0) is 12.1 Å². The molecule has 0 aliphatic heterocycles. The van der Waals surface area contributed by atoms with Gasteiger partial charge in [0.05, 0.1) is 18.0 Å². The highest BCUT2D eigenvalue weighted by Gasteiger charge is 2.16. The van der Waals surface area contributed by atoms with Crippen LogP contribution in [-0.4, -0.2) is 24.5 Å². The maximum atomic E-state index is 11.6. The number of halogens is 1. The minimum atomic E-state index is -0.265. The molecule has 16 heavy (non-hydrogen) atoms. The summed E-state index contributed by atoms with van der Waals surface area (Å²) in [5.41, 5.74) is 0.437. The van der Waals surface area contributed by atoms with Crippen molar-refractivity contribution in [2.24, 2.45) is 0 Å². The predicted molar refractivity (Wildman–Crippen MR) is 61.2 cm³/mol. The molecule has 0 bridgehead atoms. The van der Waals surface area contributed by atoms with Crippen molar-refractivity contribution in [2.75, 3.05) is 12.4 Å². The summed E-state index contributed by atoms with van der Waals surface area (Å²) >= 11 is 3.02. The minimum absolute atomic E-state index is 0.0836. The lowest BCUT2D eigenvalue weighted by molar-refractivity contribution is 0.102. The average Bonchev–Trinajstić information content (AvgIpc) is 2.35. The van der Waals surface area contributed by atoms with Crippen LogP contribution >= 0.6 is 15.9 Å². The molecule has 0 unspecified atom stereocenters. The molecule has 0 N–H and O–H groups in total. The molecule has 0 spiro atoms. The highest BCUT2D eigenvalue weighted by atomic mass is 79.9. The zero-order valence-electron chi connectivity index (χ0n) is 8.49. The van der Waals surface area contributed by atoms with Crippen LogP contribution in [-0.2, 0) is 0 Å². The number of aldehydes is 1. The van der Waals surface area contributed by atoms with Crippen LogP contribution < -0.4 is 4.74 Å². The first-order valence-corrected chi connectivity index (χ1v) is 5.46. The summed E-state index contributed by atoms with van der Waals surface area (Å²) in [7, 11) is 1.43. The molecule has 0 radical (unpaired) electrons. The molecule has 0 heterocycles. The van der Waals surface area contributed by atoms with Gasteiger partial charge in [0, 0.05) is 11.1 Å². The van der Waals surface area contributed by atoms with Crippen LogP contribution in [0.5, 0.6) is 5.75 Å². The van der Waals surface area contributed by atoms with E-state index in [-0.39, 0.29) is 27.8 Å². The van der Waals surface area contributed by atoms with Crippen molar-refractivity contribution < 1.29 is 14.3 Å². The van der Waals surface area contributed by atoms with Gasteiger partial charge in [-0.3, -0.25) is 9.59 Å². The number of nitrogens with zero attached hydrogens (tertiary/aromatic N) is 1. The number of nitriles is 1. The van der Waals surface area contributed by atoms with Crippen LogP contribution in [0.1, 0.15) is 26.3 Å². The Morgan fingerprint density at radius 2 is 2.31 bits per heavy atom. The largest absolute Gasteiger partial charge is 0.497 e. The first-order valence-electron chi connectivity index (χ1n) is 4.34. The van der Waals surface area contributed by atoms with Crippen molar-refractivity contribution in [1.82, 2.24) is 0 Å². The lowest BCUT2D eigenvalue weighted by atomic mass is 9.99. The summed E-state index contributed by atoms with van der Waals surface area (Å²) in [5, 5.41) is 9.01. The molecule has 0 saturated carbocycles. The maximum absolute atomic E-state index is 11.6. The van der Waals surface area contributed by atoms with E-state index in [1.165, 1.54) is 19.2 Å². The molecule has 0 fully saturated rings. The smallest absolute Gasteiger partial charge is 0.174 e. The van der Waals surface area contributed by atoms with Gasteiger partial charge >= 0.3 is 0 Å². The first-order chi connectivity index (χ1) is 7.67. The molecule has 0 aromatic heterocycles. The third kappa shape index (κ3) is 2.28. The maximum Gasteiger partial charge on any atom is 0.174 e. The number of hydrogen-bond donors (Lipinski definition) is 0. The number of rotatable bonds is 4. The molecule has 0 atom stereocenters. The second kappa shape index (κ2) is 5.42. The van der Waals surface area contributed by atoms with E-state index in [0.29, 0.717) is 12.0 Å². The van der Waals surface area contributed by atoms with Gasteiger partial charge in [-0.25, -0.2) is 0 Å². The summed E-state index contributed by atoms with van der Waals surface area (Å²) in [6.45, 7) is 0. The van der Waals surface area contributed by atoms with Gasteiger partial charge in [0.15, 0.2) is 12.1 Å². The molecule has 1 rings (SSSR count). The second-order valence-electron chi connectivity index (χ2n) is 2.93. The van der Waals surface area contributed by atoms with E-state index in [4.69, 9.17) is 10.00 Å². The van der Waals surface area contributed by atoms with E-state index >= 15 is 0 Å². The van der Waals surface area contributed by atoms with Gasteiger partial charge in [0.1, 0.15) is 11.8 Å². The zero-order valence-corrected chi connectivity index (χ0v) is 10.1. The number of carbonyl (C=O) groups is 2. The Morgan fingerprint density at radius 1 is 1.62 bits per heavy atom. The van der Waals surface area contributed by atoms with Gasteiger partial charge in [0.2, 0.25) is 0 Å². The topological polar surface area (TPSA) is 67.2 Å². The Hall–Kier alpha value is -1.67. The summed E-state index contributed by atoms with van der Waals surface area (Å²) in [6, 6.07) is 4.73. The number of ether oxygens (including phenoxy) is 1. The Kier molecular flexibility index (Phi) is 4.20. The molecule has 0 amide bonds. The van der Waals surface area contributed by atoms with Crippen LogP contribution in [0.25, 0.3) is 0 Å². The SMILES string of the molecule is COc1cc(C=O)c(C#N)c(C(=O)CBr)c1. The van der Waals surface area contributed by atoms with E-state index in [0.717, 1.165) is 0 Å². The Morgan fingerprint density at radius 3 is 2.75 bits per heavy atom. The summed E-state index contributed by atoms with van der Waals surface area (Å²) in [6.07, 6.45) is 0.534. The molecule has 1 aromatic rings. The molecule has 82 valence electrons. The van der Waals surface area contributed by atoms with E-state index in [9.17, 15) is 9.59 Å². The fraction of sp³-hybridized carbons (Fsp3) is 0.182. The molecule has 5 heteroatoms. The number of methoxy groups -OCH3 is 1. The molecule has 0 saturated heterocycles. The van der Waals surface area contributed by atoms with E-state index in [2.05, 4.69) is 15.9 Å². The van der Waals surface area contributed by atoms with E-state index < -0.39 is 0 Å². The van der Waals surface area contributed by atoms with Crippen molar-refractivity contribution >= 4 is 28.0 Å².